The fraction of sp³-hybridized carbons (Fsp3) is 0.167. The van der Waals surface area contributed by atoms with Gasteiger partial charge in [-0.1, -0.05) is 0 Å². The molecule has 0 atom stereocenters. The summed E-state index contributed by atoms with van der Waals surface area (Å²) in [6.07, 6.45) is 3.25. The van der Waals surface area contributed by atoms with E-state index in [0.717, 1.165) is 12.5 Å². The minimum atomic E-state index is -3.55. The summed E-state index contributed by atoms with van der Waals surface area (Å²) < 4.78 is 23.6. The lowest BCUT2D eigenvalue weighted by atomic mass is 10.4. The minimum Gasteiger partial charge on any atom is -0.476 e. The summed E-state index contributed by atoms with van der Waals surface area (Å²) in [6, 6.07) is 0. The zero-order chi connectivity index (χ0) is 10.8. The quantitative estimate of drug-likeness (QED) is 0.709. The van der Waals surface area contributed by atoms with Crippen molar-refractivity contribution in [1.29, 1.82) is 0 Å². The molecule has 0 aliphatic heterocycles. The highest BCUT2D eigenvalue weighted by Gasteiger charge is 2.15. The second-order valence-corrected chi connectivity index (χ2v) is 4.18. The zero-order valence-corrected chi connectivity index (χ0v) is 7.95. The molecule has 2 N–H and O–H groups in total. The van der Waals surface area contributed by atoms with Crippen LogP contribution in [0.15, 0.2) is 12.4 Å². The van der Waals surface area contributed by atoms with Gasteiger partial charge >= 0.3 is 5.97 Å². The number of aromatic carboxylic acids is 1. The third kappa shape index (κ3) is 2.66. The Labute approximate surface area is 79.9 Å². The number of rotatable bonds is 3. The topological polar surface area (TPSA) is 109 Å². The van der Waals surface area contributed by atoms with E-state index in [9.17, 15) is 13.2 Å². The van der Waals surface area contributed by atoms with Gasteiger partial charge in [0.15, 0.2) is 11.5 Å². The molecule has 0 unspecified atom stereocenters. The summed E-state index contributed by atoms with van der Waals surface area (Å²) in [6.45, 7) is 0. The molecule has 1 aromatic rings. The molecule has 0 saturated carbocycles. The van der Waals surface area contributed by atoms with Crippen molar-refractivity contribution in [2.24, 2.45) is 0 Å². The first-order valence-corrected chi connectivity index (χ1v) is 5.31. The van der Waals surface area contributed by atoms with Crippen molar-refractivity contribution in [3.05, 3.63) is 18.1 Å². The van der Waals surface area contributed by atoms with Crippen LogP contribution in [0.1, 0.15) is 10.5 Å². The maximum atomic E-state index is 10.8. The van der Waals surface area contributed by atoms with Gasteiger partial charge in [0.05, 0.1) is 6.26 Å². The third-order valence-electron chi connectivity index (χ3n) is 1.18. The van der Waals surface area contributed by atoms with E-state index in [4.69, 9.17) is 5.11 Å². The molecule has 0 radical (unpaired) electrons. The fourth-order valence-corrected chi connectivity index (χ4v) is 1.25. The molecule has 0 fully saturated rings. The molecule has 8 heteroatoms. The van der Waals surface area contributed by atoms with Crippen molar-refractivity contribution in [3.8, 4) is 0 Å². The van der Waals surface area contributed by atoms with Crippen molar-refractivity contribution in [2.45, 2.75) is 0 Å². The molecule has 0 aliphatic rings. The molecule has 0 saturated heterocycles. The highest BCUT2D eigenvalue weighted by atomic mass is 32.2. The highest BCUT2D eigenvalue weighted by molar-refractivity contribution is 7.92. The summed E-state index contributed by atoms with van der Waals surface area (Å²) in [5, 5.41) is 8.63. The van der Waals surface area contributed by atoms with Gasteiger partial charge in [0.1, 0.15) is 0 Å². The van der Waals surface area contributed by atoms with Crippen LogP contribution in [0.2, 0.25) is 0 Å². The van der Waals surface area contributed by atoms with Gasteiger partial charge in [-0.05, 0) is 0 Å². The van der Waals surface area contributed by atoms with Crippen molar-refractivity contribution in [1.82, 2.24) is 9.97 Å². The predicted molar refractivity (Wildman–Crippen MR) is 47.5 cm³/mol. The van der Waals surface area contributed by atoms with Crippen LogP contribution in [0.3, 0.4) is 0 Å². The van der Waals surface area contributed by atoms with Crippen LogP contribution in [-0.4, -0.2) is 35.7 Å². The van der Waals surface area contributed by atoms with Gasteiger partial charge in [-0.25, -0.2) is 23.2 Å². The van der Waals surface area contributed by atoms with E-state index in [0.29, 0.717) is 0 Å². The van der Waals surface area contributed by atoms with Crippen molar-refractivity contribution >= 4 is 21.8 Å². The maximum Gasteiger partial charge on any atom is 0.358 e. The smallest absolute Gasteiger partial charge is 0.358 e. The predicted octanol–water partition coefficient (Wildman–Crippen LogP) is -0.454. The lowest BCUT2D eigenvalue weighted by Gasteiger charge is -2.03. The zero-order valence-electron chi connectivity index (χ0n) is 7.13. The molecule has 7 nitrogen and oxygen atoms in total. The largest absolute Gasteiger partial charge is 0.476 e. The van der Waals surface area contributed by atoms with E-state index in [-0.39, 0.29) is 5.82 Å². The van der Waals surface area contributed by atoms with Gasteiger partial charge in [-0.3, -0.25) is 4.72 Å². The van der Waals surface area contributed by atoms with Gasteiger partial charge < -0.3 is 5.11 Å². The lowest BCUT2D eigenvalue weighted by Crippen LogP contribution is -2.15. The van der Waals surface area contributed by atoms with Gasteiger partial charge in [0, 0.05) is 12.4 Å². The van der Waals surface area contributed by atoms with Crippen molar-refractivity contribution in [3.63, 3.8) is 0 Å². The summed E-state index contributed by atoms with van der Waals surface area (Å²) in [5.74, 6) is -1.63. The molecule has 1 rings (SSSR count). The van der Waals surface area contributed by atoms with E-state index in [1.807, 2.05) is 4.72 Å². The van der Waals surface area contributed by atoms with E-state index in [1.54, 1.807) is 0 Å². The van der Waals surface area contributed by atoms with Crippen molar-refractivity contribution < 1.29 is 18.3 Å². The Kier molecular flexibility index (Phi) is 2.65. The van der Waals surface area contributed by atoms with Gasteiger partial charge in [0.2, 0.25) is 10.0 Å². The van der Waals surface area contributed by atoms with Crippen LogP contribution in [0, 0.1) is 0 Å². The van der Waals surface area contributed by atoms with E-state index in [1.165, 1.54) is 6.20 Å². The fourth-order valence-electron chi connectivity index (χ4n) is 0.745. The van der Waals surface area contributed by atoms with Crippen LogP contribution in [0.4, 0.5) is 5.82 Å². The Morgan fingerprint density at radius 1 is 1.43 bits per heavy atom. The molecule has 0 aliphatic carbocycles. The van der Waals surface area contributed by atoms with Crippen LogP contribution < -0.4 is 4.72 Å². The Hall–Kier alpha value is -1.70. The first-order valence-electron chi connectivity index (χ1n) is 3.42. The SMILES string of the molecule is CS(=O)(=O)Nc1nccnc1C(=O)O. The first-order chi connectivity index (χ1) is 6.40. The van der Waals surface area contributed by atoms with E-state index < -0.39 is 21.7 Å². The maximum absolute atomic E-state index is 10.8. The molecular weight excluding hydrogens is 210 g/mol. The summed E-state index contributed by atoms with van der Waals surface area (Å²) in [5.41, 5.74) is -0.432. The first kappa shape index (κ1) is 10.4. The Bertz CT molecular complexity index is 456. The van der Waals surface area contributed by atoms with Crippen LogP contribution in [0.5, 0.6) is 0 Å². The summed E-state index contributed by atoms with van der Waals surface area (Å²) in [4.78, 5) is 17.6. The molecule has 0 amide bonds. The molecule has 0 bridgehead atoms. The second-order valence-electron chi connectivity index (χ2n) is 2.43. The second kappa shape index (κ2) is 3.58. The molecule has 0 spiro atoms. The van der Waals surface area contributed by atoms with Crippen LogP contribution >= 0.6 is 0 Å². The molecule has 1 aromatic heterocycles. The number of anilines is 1. The summed E-state index contributed by atoms with van der Waals surface area (Å²) in [7, 11) is -3.55. The number of carboxylic acid groups (broad SMARTS) is 1. The Balaban J connectivity index is 3.15. The van der Waals surface area contributed by atoms with E-state index >= 15 is 0 Å². The number of aromatic nitrogens is 2. The summed E-state index contributed by atoms with van der Waals surface area (Å²) >= 11 is 0. The van der Waals surface area contributed by atoms with E-state index in [2.05, 4.69) is 9.97 Å². The molecule has 76 valence electrons. The number of sulfonamides is 1. The average molecular weight is 217 g/mol. The number of nitrogens with one attached hydrogen (secondary N) is 1. The van der Waals surface area contributed by atoms with Crippen LogP contribution in [0.25, 0.3) is 0 Å². The number of carbonyl (C=O) groups is 1. The number of hydrogen-bond donors (Lipinski definition) is 2. The Morgan fingerprint density at radius 2 is 2.00 bits per heavy atom. The number of nitrogens with zero attached hydrogens (tertiary/aromatic N) is 2. The molecule has 14 heavy (non-hydrogen) atoms. The van der Waals surface area contributed by atoms with Gasteiger partial charge in [0.25, 0.3) is 0 Å². The average Bonchev–Trinajstić information content (AvgIpc) is 2.01. The minimum absolute atomic E-state index is 0.289. The third-order valence-corrected chi connectivity index (χ3v) is 1.75. The normalized spacial score (nSPS) is 10.9. The standard InChI is InChI=1S/C6H7N3O4S/c1-14(12,13)9-5-4(6(10)11)7-2-3-8-5/h2-3H,1H3,(H,8,9)(H,10,11). The van der Waals surface area contributed by atoms with Gasteiger partial charge in [-0.15, -0.1) is 0 Å². The van der Waals surface area contributed by atoms with Crippen molar-refractivity contribution in [2.75, 3.05) is 11.0 Å². The monoisotopic (exact) mass is 217 g/mol. The highest BCUT2D eigenvalue weighted by Crippen LogP contribution is 2.08. The lowest BCUT2D eigenvalue weighted by molar-refractivity contribution is 0.0691. The number of hydrogen-bond acceptors (Lipinski definition) is 5. The number of carboxylic acids is 1. The molecule has 0 aromatic carbocycles. The van der Waals surface area contributed by atoms with Gasteiger partial charge in [-0.2, -0.15) is 0 Å². The molecule has 1 heterocycles. The van der Waals surface area contributed by atoms with Crippen LogP contribution in [-0.2, 0) is 10.0 Å². The molecular formula is C6H7N3O4S. The Morgan fingerprint density at radius 3 is 2.50 bits per heavy atom.